The zero-order valence-electron chi connectivity index (χ0n) is 12.2. The first-order chi connectivity index (χ1) is 10.2. The fourth-order valence-corrected chi connectivity index (χ4v) is 3.69. The van der Waals surface area contributed by atoms with E-state index in [0.717, 1.165) is 37.0 Å². The van der Waals surface area contributed by atoms with Crippen LogP contribution < -0.4 is 5.56 Å². The highest BCUT2D eigenvalue weighted by molar-refractivity contribution is 7.17. The second-order valence-electron chi connectivity index (χ2n) is 5.57. The van der Waals surface area contributed by atoms with E-state index in [9.17, 15) is 9.59 Å². The zero-order chi connectivity index (χ0) is 14.8. The Morgan fingerprint density at radius 3 is 2.71 bits per heavy atom. The highest BCUT2D eigenvalue weighted by Gasteiger charge is 2.17. The van der Waals surface area contributed by atoms with Crippen LogP contribution in [0.1, 0.15) is 31.2 Å². The first kappa shape index (κ1) is 14.3. The average Bonchev–Trinajstić information content (AvgIpc) is 2.70. The van der Waals surface area contributed by atoms with Gasteiger partial charge in [-0.2, -0.15) is 0 Å². The Bertz CT molecular complexity index is 711. The number of nitrogens with zero attached hydrogens (tertiary/aromatic N) is 3. The standard InChI is InChI=1S/C15H19N3O2S/c1-11-9-21-14-13(11)16-10-18(15(14)20)8-12(19)17-6-4-2-3-5-7-17/h9-10H,2-8H2,1H3. The van der Waals surface area contributed by atoms with Gasteiger partial charge in [0.1, 0.15) is 11.2 Å². The maximum atomic E-state index is 12.4. The lowest BCUT2D eigenvalue weighted by Crippen LogP contribution is -2.37. The van der Waals surface area contributed by atoms with Gasteiger partial charge in [-0.05, 0) is 30.7 Å². The maximum Gasteiger partial charge on any atom is 0.271 e. The predicted molar refractivity (Wildman–Crippen MR) is 83.7 cm³/mol. The number of carbonyl (C=O) groups excluding carboxylic acids is 1. The molecule has 21 heavy (non-hydrogen) atoms. The van der Waals surface area contributed by atoms with Crippen LogP contribution in [0.3, 0.4) is 0 Å². The van der Waals surface area contributed by atoms with Crippen LogP contribution in [0, 0.1) is 6.92 Å². The Hall–Kier alpha value is -1.69. The van der Waals surface area contributed by atoms with E-state index in [1.54, 1.807) is 0 Å². The summed E-state index contributed by atoms with van der Waals surface area (Å²) in [5, 5.41) is 1.93. The number of hydrogen-bond donors (Lipinski definition) is 0. The molecule has 0 bridgehead atoms. The van der Waals surface area contributed by atoms with Crippen LogP contribution in [0.5, 0.6) is 0 Å². The van der Waals surface area contributed by atoms with Crippen LogP contribution in [0.2, 0.25) is 0 Å². The smallest absolute Gasteiger partial charge is 0.271 e. The molecule has 2 aromatic rings. The number of hydrogen-bond acceptors (Lipinski definition) is 4. The van der Waals surface area contributed by atoms with Crippen LogP contribution in [0.25, 0.3) is 10.2 Å². The van der Waals surface area contributed by atoms with Crippen LogP contribution in [0.15, 0.2) is 16.5 Å². The van der Waals surface area contributed by atoms with E-state index in [0.29, 0.717) is 4.70 Å². The molecule has 0 saturated carbocycles. The minimum atomic E-state index is -0.110. The monoisotopic (exact) mass is 305 g/mol. The first-order valence-corrected chi connectivity index (χ1v) is 8.26. The predicted octanol–water partition coefficient (Wildman–Crippen LogP) is 2.17. The van der Waals surface area contributed by atoms with E-state index in [2.05, 4.69) is 4.98 Å². The van der Waals surface area contributed by atoms with E-state index >= 15 is 0 Å². The minimum Gasteiger partial charge on any atom is -0.341 e. The third-order valence-electron chi connectivity index (χ3n) is 3.99. The summed E-state index contributed by atoms with van der Waals surface area (Å²) in [5.41, 5.74) is 1.66. The molecule has 1 fully saturated rings. The first-order valence-electron chi connectivity index (χ1n) is 7.38. The molecule has 5 nitrogen and oxygen atoms in total. The molecule has 2 aromatic heterocycles. The average molecular weight is 305 g/mol. The highest BCUT2D eigenvalue weighted by Crippen LogP contribution is 2.19. The molecule has 0 radical (unpaired) electrons. The van der Waals surface area contributed by atoms with Crippen molar-refractivity contribution in [2.75, 3.05) is 13.1 Å². The number of likely N-dealkylation sites (tertiary alicyclic amines) is 1. The summed E-state index contributed by atoms with van der Waals surface area (Å²) in [6.07, 6.45) is 5.99. The normalized spacial score (nSPS) is 16.1. The number of aryl methyl sites for hydroxylation is 1. The summed E-state index contributed by atoms with van der Waals surface area (Å²) in [7, 11) is 0. The van der Waals surface area contributed by atoms with Crippen LogP contribution in [-0.4, -0.2) is 33.4 Å². The van der Waals surface area contributed by atoms with Gasteiger partial charge in [0.15, 0.2) is 0 Å². The summed E-state index contributed by atoms with van der Waals surface area (Å²) in [5.74, 6) is 0.0217. The number of rotatable bonds is 2. The summed E-state index contributed by atoms with van der Waals surface area (Å²) < 4.78 is 2.07. The molecule has 0 unspecified atom stereocenters. The van der Waals surface area contributed by atoms with E-state index in [4.69, 9.17) is 0 Å². The third kappa shape index (κ3) is 2.85. The van der Waals surface area contributed by atoms with E-state index < -0.39 is 0 Å². The van der Waals surface area contributed by atoms with Crippen molar-refractivity contribution in [3.63, 3.8) is 0 Å². The van der Waals surface area contributed by atoms with Gasteiger partial charge in [0.25, 0.3) is 5.56 Å². The van der Waals surface area contributed by atoms with Gasteiger partial charge in [0.2, 0.25) is 5.91 Å². The van der Waals surface area contributed by atoms with Crippen LogP contribution in [-0.2, 0) is 11.3 Å². The number of fused-ring (bicyclic) bond motifs is 1. The Labute approximate surface area is 127 Å². The number of carbonyl (C=O) groups is 1. The van der Waals surface area contributed by atoms with Gasteiger partial charge in [-0.3, -0.25) is 14.2 Å². The highest BCUT2D eigenvalue weighted by atomic mass is 32.1. The lowest BCUT2D eigenvalue weighted by atomic mass is 10.2. The summed E-state index contributed by atoms with van der Waals surface area (Å²) in [4.78, 5) is 30.9. The molecule has 1 aliphatic rings. The Balaban J connectivity index is 1.82. The molecule has 3 rings (SSSR count). The second-order valence-corrected chi connectivity index (χ2v) is 6.45. The number of thiophene rings is 1. The SMILES string of the molecule is Cc1csc2c(=O)n(CC(=O)N3CCCCCC3)cnc12. The van der Waals surface area contributed by atoms with Crippen molar-refractivity contribution in [2.24, 2.45) is 0 Å². The van der Waals surface area contributed by atoms with Crippen LogP contribution >= 0.6 is 11.3 Å². The molecule has 3 heterocycles. The number of amides is 1. The van der Waals surface area contributed by atoms with Gasteiger partial charge in [-0.1, -0.05) is 12.8 Å². The molecular weight excluding hydrogens is 286 g/mol. The minimum absolute atomic E-state index is 0.0217. The second kappa shape index (κ2) is 5.97. The molecule has 0 spiro atoms. The molecule has 112 valence electrons. The van der Waals surface area contributed by atoms with Gasteiger partial charge < -0.3 is 4.90 Å². The van der Waals surface area contributed by atoms with Crippen molar-refractivity contribution in [3.05, 3.63) is 27.6 Å². The van der Waals surface area contributed by atoms with Crippen molar-refractivity contribution in [3.8, 4) is 0 Å². The summed E-state index contributed by atoms with van der Waals surface area (Å²) in [6.45, 7) is 3.65. The summed E-state index contributed by atoms with van der Waals surface area (Å²) in [6, 6.07) is 0. The van der Waals surface area contributed by atoms with Gasteiger partial charge >= 0.3 is 0 Å². The maximum absolute atomic E-state index is 12.4. The Morgan fingerprint density at radius 1 is 1.29 bits per heavy atom. The molecule has 0 atom stereocenters. The van der Waals surface area contributed by atoms with Gasteiger partial charge in [-0.15, -0.1) is 11.3 Å². The molecule has 6 heteroatoms. The van der Waals surface area contributed by atoms with Crippen molar-refractivity contribution in [1.82, 2.24) is 14.5 Å². The van der Waals surface area contributed by atoms with Gasteiger partial charge in [0.05, 0.1) is 11.8 Å². The third-order valence-corrected chi connectivity index (χ3v) is 5.06. The van der Waals surface area contributed by atoms with E-state index in [-0.39, 0.29) is 18.0 Å². The van der Waals surface area contributed by atoms with Crippen molar-refractivity contribution < 1.29 is 4.79 Å². The Kier molecular flexibility index (Phi) is 4.05. The lowest BCUT2D eigenvalue weighted by Gasteiger charge is -2.20. The van der Waals surface area contributed by atoms with E-state index in [1.807, 2.05) is 17.2 Å². The molecule has 0 aliphatic carbocycles. The fraction of sp³-hybridized carbons (Fsp3) is 0.533. The molecule has 1 aliphatic heterocycles. The molecule has 0 N–H and O–H groups in total. The zero-order valence-corrected chi connectivity index (χ0v) is 13.0. The summed E-state index contributed by atoms with van der Waals surface area (Å²) >= 11 is 1.40. The largest absolute Gasteiger partial charge is 0.341 e. The molecule has 1 saturated heterocycles. The van der Waals surface area contributed by atoms with Gasteiger partial charge in [-0.25, -0.2) is 4.98 Å². The van der Waals surface area contributed by atoms with Crippen molar-refractivity contribution in [2.45, 2.75) is 39.2 Å². The lowest BCUT2D eigenvalue weighted by molar-refractivity contribution is -0.131. The fourth-order valence-electron chi connectivity index (χ4n) is 2.74. The van der Waals surface area contributed by atoms with E-state index in [1.165, 1.54) is 35.1 Å². The number of aromatic nitrogens is 2. The topological polar surface area (TPSA) is 55.2 Å². The van der Waals surface area contributed by atoms with Crippen molar-refractivity contribution in [1.29, 1.82) is 0 Å². The molecule has 0 aromatic carbocycles. The van der Waals surface area contributed by atoms with Crippen molar-refractivity contribution >= 4 is 27.5 Å². The molecular formula is C15H19N3O2S. The van der Waals surface area contributed by atoms with Gasteiger partial charge in [0, 0.05) is 13.1 Å². The molecule has 1 amide bonds. The quantitative estimate of drug-likeness (QED) is 0.854. The Morgan fingerprint density at radius 2 is 2.00 bits per heavy atom. The van der Waals surface area contributed by atoms with Crippen LogP contribution in [0.4, 0.5) is 0 Å².